The van der Waals surface area contributed by atoms with Crippen molar-refractivity contribution < 1.29 is 24.2 Å². The molecule has 1 fully saturated rings. The average molecular weight is 447 g/mol. The maximum Gasteiger partial charge on any atom is 0.339 e. The Balaban J connectivity index is 1.34. The van der Waals surface area contributed by atoms with Crippen molar-refractivity contribution >= 4 is 28.6 Å². The fourth-order valence-corrected chi connectivity index (χ4v) is 4.29. The molecule has 1 saturated heterocycles. The van der Waals surface area contributed by atoms with E-state index >= 15 is 0 Å². The van der Waals surface area contributed by atoms with Gasteiger partial charge >= 0.3 is 5.97 Å². The molecule has 1 aliphatic heterocycles. The molecule has 2 N–H and O–H groups in total. The van der Waals surface area contributed by atoms with Crippen LogP contribution in [0.4, 0.5) is 0 Å². The Hall–Kier alpha value is -3.87. The van der Waals surface area contributed by atoms with Gasteiger partial charge in [-0.15, -0.1) is 0 Å². The van der Waals surface area contributed by atoms with Gasteiger partial charge in [-0.25, -0.2) is 4.79 Å². The van der Waals surface area contributed by atoms with Crippen molar-refractivity contribution in [3.05, 3.63) is 77.4 Å². The van der Waals surface area contributed by atoms with E-state index in [1.165, 1.54) is 13.2 Å². The summed E-state index contributed by atoms with van der Waals surface area (Å²) in [7, 11) is 1.42. The molecule has 0 spiro atoms. The molecular weight excluding hydrogens is 420 g/mol. The van der Waals surface area contributed by atoms with Crippen LogP contribution in [0.1, 0.15) is 39.1 Å². The molecule has 1 heterocycles. The van der Waals surface area contributed by atoms with E-state index < -0.39 is 5.97 Å². The van der Waals surface area contributed by atoms with Crippen molar-refractivity contribution in [1.82, 2.24) is 10.2 Å². The number of carboxylic acids is 1. The Morgan fingerprint density at radius 2 is 1.73 bits per heavy atom. The lowest BCUT2D eigenvalue weighted by Crippen LogP contribution is -2.43. The number of carbonyl (C=O) groups is 3. The number of carbonyl (C=O) groups excluding carboxylic acids is 2. The first-order valence-corrected chi connectivity index (χ1v) is 10.9. The monoisotopic (exact) mass is 446 g/mol. The summed E-state index contributed by atoms with van der Waals surface area (Å²) in [4.78, 5) is 39.0. The van der Waals surface area contributed by atoms with E-state index in [9.17, 15) is 19.5 Å². The van der Waals surface area contributed by atoms with Crippen LogP contribution in [-0.4, -0.2) is 48.0 Å². The first-order valence-electron chi connectivity index (χ1n) is 10.9. The number of nitrogens with zero attached hydrogens (tertiary/aromatic N) is 1. The van der Waals surface area contributed by atoms with Crippen LogP contribution in [0.2, 0.25) is 0 Å². The number of piperidine rings is 1. The lowest BCUT2D eigenvalue weighted by molar-refractivity contribution is -0.126. The Kier molecular flexibility index (Phi) is 6.58. The second-order valence-electron chi connectivity index (χ2n) is 8.15. The van der Waals surface area contributed by atoms with E-state index in [0.717, 1.165) is 10.8 Å². The van der Waals surface area contributed by atoms with Gasteiger partial charge in [0, 0.05) is 31.1 Å². The fourth-order valence-electron chi connectivity index (χ4n) is 4.29. The van der Waals surface area contributed by atoms with Gasteiger partial charge in [0.2, 0.25) is 5.91 Å². The zero-order valence-electron chi connectivity index (χ0n) is 18.4. The second kappa shape index (κ2) is 9.73. The minimum atomic E-state index is -1.08. The number of methoxy groups -OCH3 is 1. The van der Waals surface area contributed by atoms with Crippen molar-refractivity contribution in [2.24, 2.45) is 5.92 Å². The van der Waals surface area contributed by atoms with Crippen LogP contribution < -0.4 is 10.1 Å². The molecule has 0 saturated carbocycles. The zero-order valence-corrected chi connectivity index (χ0v) is 18.4. The number of hydrogen-bond donors (Lipinski definition) is 2. The molecule has 33 heavy (non-hydrogen) atoms. The molecule has 3 aromatic rings. The van der Waals surface area contributed by atoms with Crippen LogP contribution in [0.25, 0.3) is 10.8 Å². The highest BCUT2D eigenvalue weighted by molar-refractivity contribution is 6.07. The molecule has 7 heteroatoms. The van der Waals surface area contributed by atoms with Gasteiger partial charge in [0.05, 0.1) is 7.11 Å². The number of carboxylic acid groups (broad SMARTS) is 1. The van der Waals surface area contributed by atoms with Crippen LogP contribution in [0.5, 0.6) is 5.75 Å². The van der Waals surface area contributed by atoms with Gasteiger partial charge in [0.1, 0.15) is 11.3 Å². The van der Waals surface area contributed by atoms with Crippen LogP contribution >= 0.6 is 0 Å². The summed E-state index contributed by atoms with van der Waals surface area (Å²) in [5.41, 5.74) is 1.43. The van der Waals surface area contributed by atoms with Crippen LogP contribution in [0.3, 0.4) is 0 Å². The maximum absolute atomic E-state index is 13.1. The Bertz CT molecular complexity index is 1190. The normalized spacial score (nSPS) is 14.2. The number of amides is 2. The van der Waals surface area contributed by atoms with E-state index in [-0.39, 0.29) is 35.6 Å². The topological polar surface area (TPSA) is 95.9 Å². The highest BCUT2D eigenvalue weighted by atomic mass is 16.5. The molecule has 0 bridgehead atoms. The summed E-state index contributed by atoms with van der Waals surface area (Å²) in [5.74, 6) is -1.08. The van der Waals surface area contributed by atoms with Crippen molar-refractivity contribution in [3.63, 3.8) is 0 Å². The molecule has 0 unspecified atom stereocenters. The highest BCUT2D eigenvalue weighted by Crippen LogP contribution is 2.24. The Labute approximate surface area is 192 Å². The standard InChI is InChI=1S/C26H26N2O5/c1-33-23-10-9-17(15-22(23)26(31)32)16-27-24(29)19-11-13-28(14-12-19)25(30)21-8-4-6-18-5-2-3-7-20(18)21/h2-10,15,19H,11-14,16H2,1H3,(H,27,29)(H,31,32). The molecule has 0 radical (unpaired) electrons. The number of rotatable bonds is 6. The fraction of sp³-hybridized carbons (Fsp3) is 0.269. The molecule has 170 valence electrons. The van der Waals surface area contributed by atoms with E-state index in [4.69, 9.17) is 4.74 Å². The summed E-state index contributed by atoms with van der Waals surface area (Å²) in [6.45, 7) is 1.27. The first-order chi connectivity index (χ1) is 16.0. The summed E-state index contributed by atoms with van der Waals surface area (Å²) >= 11 is 0. The summed E-state index contributed by atoms with van der Waals surface area (Å²) < 4.78 is 5.07. The van der Waals surface area contributed by atoms with Gasteiger partial charge < -0.3 is 20.1 Å². The van der Waals surface area contributed by atoms with Gasteiger partial charge in [-0.1, -0.05) is 42.5 Å². The zero-order chi connectivity index (χ0) is 23.4. The SMILES string of the molecule is COc1ccc(CNC(=O)C2CCN(C(=O)c3cccc4ccccc34)CC2)cc1C(=O)O. The van der Waals surface area contributed by atoms with Gasteiger partial charge in [-0.2, -0.15) is 0 Å². The third-order valence-electron chi connectivity index (χ3n) is 6.13. The molecule has 0 atom stereocenters. The highest BCUT2D eigenvalue weighted by Gasteiger charge is 2.28. The number of aromatic carboxylic acids is 1. The molecule has 2 amide bonds. The molecule has 1 aliphatic rings. The Morgan fingerprint density at radius 3 is 2.45 bits per heavy atom. The van der Waals surface area contributed by atoms with Crippen LogP contribution in [-0.2, 0) is 11.3 Å². The van der Waals surface area contributed by atoms with Crippen molar-refractivity contribution in [2.45, 2.75) is 19.4 Å². The number of ether oxygens (including phenoxy) is 1. The summed E-state index contributed by atoms with van der Waals surface area (Å²) in [5, 5.41) is 14.2. The van der Waals surface area contributed by atoms with Gasteiger partial charge in [0.25, 0.3) is 5.91 Å². The Morgan fingerprint density at radius 1 is 1.00 bits per heavy atom. The van der Waals surface area contributed by atoms with Gasteiger partial charge in [-0.3, -0.25) is 9.59 Å². The largest absolute Gasteiger partial charge is 0.496 e. The third-order valence-corrected chi connectivity index (χ3v) is 6.13. The maximum atomic E-state index is 13.1. The minimum absolute atomic E-state index is 0.00917. The number of nitrogens with one attached hydrogen (secondary N) is 1. The molecule has 0 aromatic heterocycles. The lowest BCUT2D eigenvalue weighted by Gasteiger charge is -2.31. The van der Waals surface area contributed by atoms with Crippen molar-refractivity contribution in [2.75, 3.05) is 20.2 Å². The molecule has 3 aromatic carbocycles. The summed E-state index contributed by atoms with van der Waals surface area (Å²) in [6, 6.07) is 18.4. The number of likely N-dealkylation sites (tertiary alicyclic amines) is 1. The average Bonchev–Trinajstić information content (AvgIpc) is 2.86. The smallest absolute Gasteiger partial charge is 0.339 e. The minimum Gasteiger partial charge on any atom is -0.496 e. The van der Waals surface area contributed by atoms with Gasteiger partial charge in [-0.05, 0) is 47.4 Å². The van der Waals surface area contributed by atoms with E-state index in [1.807, 2.05) is 47.4 Å². The number of benzene rings is 3. The molecule has 0 aliphatic carbocycles. The first kappa shape index (κ1) is 22.3. The number of fused-ring (bicyclic) bond motifs is 1. The van der Waals surface area contributed by atoms with E-state index in [1.54, 1.807) is 12.1 Å². The predicted molar refractivity (Wildman–Crippen MR) is 124 cm³/mol. The molecule has 7 nitrogen and oxygen atoms in total. The summed E-state index contributed by atoms with van der Waals surface area (Å²) in [6.07, 6.45) is 1.18. The van der Waals surface area contributed by atoms with Crippen molar-refractivity contribution in [3.8, 4) is 5.75 Å². The van der Waals surface area contributed by atoms with E-state index in [2.05, 4.69) is 5.32 Å². The quantitative estimate of drug-likeness (QED) is 0.602. The lowest BCUT2D eigenvalue weighted by atomic mass is 9.94. The third kappa shape index (κ3) is 4.82. The van der Waals surface area contributed by atoms with Crippen molar-refractivity contribution in [1.29, 1.82) is 0 Å². The molecule has 4 rings (SSSR count). The predicted octanol–water partition coefficient (Wildman–Crippen LogP) is 3.72. The number of hydrogen-bond acceptors (Lipinski definition) is 4. The second-order valence-corrected chi connectivity index (χ2v) is 8.15. The van der Waals surface area contributed by atoms with Crippen LogP contribution in [0.15, 0.2) is 60.7 Å². The van der Waals surface area contributed by atoms with Gasteiger partial charge in [0.15, 0.2) is 0 Å². The van der Waals surface area contributed by atoms with E-state index in [0.29, 0.717) is 37.1 Å². The van der Waals surface area contributed by atoms with Crippen LogP contribution in [0, 0.1) is 5.92 Å². The molecular formula is C26H26N2O5.